The van der Waals surface area contributed by atoms with Gasteiger partial charge in [-0.05, 0) is 29.8 Å². The molecule has 0 bridgehead atoms. The summed E-state index contributed by atoms with van der Waals surface area (Å²) in [6, 6.07) is 13.7. The highest BCUT2D eigenvalue weighted by Crippen LogP contribution is 2.22. The average Bonchev–Trinajstić information content (AvgIpc) is 2.94. The number of ether oxygens (including phenoxy) is 1. The first-order chi connectivity index (χ1) is 18.7. The molecule has 1 saturated heterocycles. The molecule has 0 radical (unpaired) electrons. The Morgan fingerprint density at radius 2 is 1.69 bits per heavy atom. The summed E-state index contributed by atoms with van der Waals surface area (Å²) < 4.78 is 56.1. The second kappa shape index (κ2) is 12.5. The Bertz CT molecular complexity index is 1300. The molecule has 9 nitrogen and oxygen atoms in total. The standard InChI is InChI=1S/C26H25F4N7O2/c27-21-8-2-18(3-9-21)16-32-24-33-22(34-25(35-24)39-17-26(28,29)30)19-4-6-20(7-5-19)23(38)37-14-12-36(13-15-37)11-1-10-31/h2-9H,1,11-17H2,(H,32,33,34,35). The number of halogens is 4. The Hall–Kier alpha value is -4.31. The van der Waals surface area contributed by atoms with E-state index in [2.05, 4.69) is 31.2 Å². The molecular formula is C26H25F4N7O2. The molecule has 1 N–H and O–H groups in total. The summed E-state index contributed by atoms with van der Waals surface area (Å²) >= 11 is 0. The Labute approximate surface area is 222 Å². The molecule has 0 aliphatic carbocycles. The smallest absolute Gasteiger partial charge is 0.422 e. The van der Waals surface area contributed by atoms with Crippen molar-refractivity contribution >= 4 is 11.9 Å². The van der Waals surface area contributed by atoms with E-state index in [1.54, 1.807) is 41.3 Å². The van der Waals surface area contributed by atoms with Crippen molar-refractivity contribution in [3.05, 3.63) is 65.5 Å². The second-order valence-corrected chi connectivity index (χ2v) is 8.77. The molecule has 1 aromatic heterocycles. The van der Waals surface area contributed by atoms with Gasteiger partial charge in [0, 0.05) is 56.8 Å². The molecular weight excluding hydrogens is 518 g/mol. The number of nitriles is 1. The van der Waals surface area contributed by atoms with Crippen molar-refractivity contribution < 1.29 is 27.1 Å². The molecule has 4 rings (SSSR count). The first-order valence-corrected chi connectivity index (χ1v) is 12.1. The molecule has 1 amide bonds. The molecule has 1 aliphatic heterocycles. The minimum atomic E-state index is -4.59. The number of amides is 1. The predicted molar refractivity (Wildman–Crippen MR) is 133 cm³/mol. The van der Waals surface area contributed by atoms with Crippen LogP contribution in [0.5, 0.6) is 6.01 Å². The third-order valence-corrected chi connectivity index (χ3v) is 5.93. The third-order valence-electron chi connectivity index (χ3n) is 5.93. The zero-order valence-electron chi connectivity index (χ0n) is 20.8. The molecule has 204 valence electrons. The summed E-state index contributed by atoms with van der Waals surface area (Å²) in [5.41, 5.74) is 1.59. The van der Waals surface area contributed by atoms with Gasteiger partial charge < -0.3 is 15.0 Å². The monoisotopic (exact) mass is 543 g/mol. The maximum atomic E-state index is 13.2. The number of hydrogen-bond acceptors (Lipinski definition) is 8. The number of benzene rings is 2. The van der Waals surface area contributed by atoms with Crippen molar-refractivity contribution in [3.63, 3.8) is 0 Å². The average molecular weight is 544 g/mol. The third kappa shape index (κ3) is 8.08. The summed E-state index contributed by atoms with van der Waals surface area (Å²) in [5.74, 6) is -0.526. The van der Waals surface area contributed by atoms with E-state index in [-0.39, 0.29) is 24.2 Å². The Kier molecular flexibility index (Phi) is 8.88. The first-order valence-electron chi connectivity index (χ1n) is 12.1. The Morgan fingerprint density at radius 3 is 2.33 bits per heavy atom. The lowest BCUT2D eigenvalue weighted by Gasteiger charge is -2.34. The minimum Gasteiger partial charge on any atom is -0.454 e. The van der Waals surface area contributed by atoms with Gasteiger partial charge in [0.25, 0.3) is 5.91 Å². The Morgan fingerprint density at radius 1 is 1.00 bits per heavy atom. The molecule has 2 aromatic carbocycles. The number of carbonyl (C=O) groups is 1. The zero-order valence-corrected chi connectivity index (χ0v) is 20.8. The highest BCUT2D eigenvalue weighted by molar-refractivity contribution is 5.94. The van der Waals surface area contributed by atoms with Gasteiger partial charge in [0.05, 0.1) is 6.07 Å². The van der Waals surface area contributed by atoms with Crippen LogP contribution < -0.4 is 10.1 Å². The summed E-state index contributed by atoms with van der Waals surface area (Å²) in [6.07, 6.45) is -4.14. The first kappa shape index (κ1) is 27.7. The molecule has 0 atom stereocenters. The minimum absolute atomic E-state index is 0.0316. The topological polar surface area (TPSA) is 107 Å². The molecule has 39 heavy (non-hydrogen) atoms. The normalized spacial score (nSPS) is 14.1. The number of alkyl halides is 3. The number of hydrogen-bond donors (Lipinski definition) is 1. The SMILES string of the molecule is N#CCCN1CCN(C(=O)c2ccc(-c3nc(NCc4ccc(F)cc4)nc(OCC(F)(F)F)n3)cc2)CC1. The van der Waals surface area contributed by atoms with Crippen LogP contribution in [0.25, 0.3) is 11.4 Å². The molecule has 0 saturated carbocycles. The van der Waals surface area contributed by atoms with Gasteiger partial charge in [-0.25, -0.2) is 4.39 Å². The van der Waals surface area contributed by atoms with Crippen LogP contribution >= 0.6 is 0 Å². The zero-order chi connectivity index (χ0) is 27.8. The second-order valence-electron chi connectivity index (χ2n) is 8.77. The van der Waals surface area contributed by atoms with E-state index in [9.17, 15) is 22.4 Å². The highest BCUT2D eigenvalue weighted by Gasteiger charge is 2.29. The molecule has 1 aliphatic rings. The lowest BCUT2D eigenvalue weighted by atomic mass is 10.1. The lowest BCUT2D eigenvalue weighted by Crippen LogP contribution is -2.48. The molecule has 0 unspecified atom stereocenters. The van der Waals surface area contributed by atoms with Crippen LogP contribution in [0.1, 0.15) is 22.3 Å². The van der Waals surface area contributed by atoms with Gasteiger partial charge in [-0.15, -0.1) is 0 Å². The van der Waals surface area contributed by atoms with Crippen LogP contribution in [-0.4, -0.2) is 76.2 Å². The van der Waals surface area contributed by atoms with E-state index >= 15 is 0 Å². The van der Waals surface area contributed by atoms with Crippen LogP contribution in [0.3, 0.4) is 0 Å². The number of anilines is 1. The molecule has 13 heteroatoms. The van der Waals surface area contributed by atoms with Crippen molar-refractivity contribution in [3.8, 4) is 23.5 Å². The van der Waals surface area contributed by atoms with Crippen LogP contribution in [-0.2, 0) is 6.54 Å². The number of nitrogens with one attached hydrogen (secondary N) is 1. The maximum Gasteiger partial charge on any atom is 0.422 e. The number of carbonyl (C=O) groups excluding carboxylic acids is 1. The Balaban J connectivity index is 1.48. The number of aromatic nitrogens is 3. The lowest BCUT2D eigenvalue weighted by molar-refractivity contribution is -0.154. The van der Waals surface area contributed by atoms with Gasteiger partial charge in [-0.1, -0.05) is 24.3 Å². The summed E-state index contributed by atoms with van der Waals surface area (Å²) in [6.45, 7) is 1.74. The van der Waals surface area contributed by atoms with E-state index in [4.69, 9.17) is 10.00 Å². The van der Waals surface area contributed by atoms with E-state index in [0.717, 1.165) is 0 Å². The quantitative estimate of drug-likeness (QED) is 0.405. The van der Waals surface area contributed by atoms with Crippen LogP contribution in [0, 0.1) is 17.1 Å². The molecule has 3 aromatic rings. The predicted octanol–water partition coefficient (Wildman–Crippen LogP) is 3.90. The molecule has 1 fully saturated rings. The van der Waals surface area contributed by atoms with Crippen molar-refractivity contribution in [1.29, 1.82) is 5.26 Å². The van der Waals surface area contributed by atoms with Crippen molar-refractivity contribution in [2.45, 2.75) is 19.1 Å². The fourth-order valence-electron chi connectivity index (χ4n) is 3.89. The van der Waals surface area contributed by atoms with Crippen molar-refractivity contribution in [2.75, 3.05) is 44.6 Å². The number of rotatable bonds is 9. The van der Waals surface area contributed by atoms with E-state index in [0.29, 0.717) is 55.8 Å². The number of nitrogens with zero attached hydrogens (tertiary/aromatic N) is 6. The fraction of sp³-hybridized carbons (Fsp3) is 0.346. The summed E-state index contributed by atoms with van der Waals surface area (Å²) in [5, 5.41) is 11.6. The largest absolute Gasteiger partial charge is 0.454 e. The van der Waals surface area contributed by atoms with Crippen molar-refractivity contribution in [1.82, 2.24) is 24.8 Å². The van der Waals surface area contributed by atoms with E-state index < -0.39 is 24.6 Å². The highest BCUT2D eigenvalue weighted by atomic mass is 19.4. The van der Waals surface area contributed by atoms with Crippen LogP contribution in [0.4, 0.5) is 23.5 Å². The number of piperazine rings is 1. The van der Waals surface area contributed by atoms with E-state index in [1.165, 1.54) is 12.1 Å². The molecule has 0 spiro atoms. The van der Waals surface area contributed by atoms with Gasteiger partial charge >= 0.3 is 12.2 Å². The van der Waals surface area contributed by atoms with Gasteiger partial charge in [0.1, 0.15) is 5.82 Å². The van der Waals surface area contributed by atoms with Gasteiger partial charge in [-0.3, -0.25) is 9.69 Å². The maximum absolute atomic E-state index is 13.2. The van der Waals surface area contributed by atoms with Gasteiger partial charge in [0.2, 0.25) is 5.95 Å². The van der Waals surface area contributed by atoms with Crippen LogP contribution in [0.15, 0.2) is 48.5 Å². The molecule has 2 heterocycles. The van der Waals surface area contributed by atoms with Gasteiger partial charge in [-0.2, -0.15) is 33.4 Å². The summed E-state index contributed by atoms with van der Waals surface area (Å²) in [7, 11) is 0. The summed E-state index contributed by atoms with van der Waals surface area (Å²) in [4.78, 5) is 29.0. The van der Waals surface area contributed by atoms with E-state index in [1.807, 2.05) is 0 Å². The fourth-order valence-corrected chi connectivity index (χ4v) is 3.89. The van der Waals surface area contributed by atoms with Gasteiger partial charge in [0.15, 0.2) is 12.4 Å². The van der Waals surface area contributed by atoms with Crippen molar-refractivity contribution in [2.24, 2.45) is 0 Å². The van der Waals surface area contributed by atoms with Crippen LogP contribution in [0.2, 0.25) is 0 Å².